The Bertz CT molecular complexity index is 416. The summed E-state index contributed by atoms with van der Waals surface area (Å²) in [5, 5.41) is 7.92. The zero-order chi connectivity index (χ0) is 15.3. The summed E-state index contributed by atoms with van der Waals surface area (Å²) in [6.07, 6.45) is 11.6. The normalized spacial score (nSPS) is 18.3. The van der Waals surface area contributed by atoms with E-state index in [1.807, 2.05) is 17.9 Å². The first kappa shape index (κ1) is 16.5. The van der Waals surface area contributed by atoms with E-state index in [-0.39, 0.29) is 0 Å². The molecule has 1 atom stereocenters. The molecule has 120 valence electrons. The van der Waals surface area contributed by atoms with Crippen LogP contribution in [-0.4, -0.2) is 46.4 Å². The summed E-state index contributed by atoms with van der Waals surface area (Å²) in [7, 11) is 4.12. The monoisotopic (exact) mass is 292 g/mol. The topological polar surface area (TPSA) is 33.1 Å². The van der Waals surface area contributed by atoms with Gasteiger partial charge < -0.3 is 5.32 Å². The van der Waals surface area contributed by atoms with Crippen molar-refractivity contribution in [3.63, 3.8) is 0 Å². The molecule has 1 aromatic heterocycles. The van der Waals surface area contributed by atoms with Crippen LogP contribution in [0, 0.1) is 0 Å². The second-order valence-electron chi connectivity index (χ2n) is 6.41. The van der Waals surface area contributed by atoms with E-state index in [9.17, 15) is 0 Å². The molecule has 2 rings (SSSR count). The lowest BCUT2D eigenvalue weighted by atomic mass is 9.80. The third-order valence-electron chi connectivity index (χ3n) is 5.44. The zero-order valence-corrected chi connectivity index (χ0v) is 14.2. The number of nitrogens with zero attached hydrogens (tertiary/aromatic N) is 3. The fourth-order valence-corrected chi connectivity index (χ4v) is 4.17. The van der Waals surface area contributed by atoms with Gasteiger partial charge in [-0.2, -0.15) is 5.10 Å². The second-order valence-corrected chi connectivity index (χ2v) is 6.41. The van der Waals surface area contributed by atoms with E-state index < -0.39 is 0 Å². The van der Waals surface area contributed by atoms with E-state index in [4.69, 9.17) is 0 Å². The first-order valence-electron chi connectivity index (χ1n) is 8.56. The van der Waals surface area contributed by atoms with Crippen LogP contribution < -0.4 is 5.32 Å². The van der Waals surface area contributed by atoms with E-state index in [0.29, 0.717) is 11.6 Å². The maximum absolute atomic E-state index is 4.29. The van der Waals surface area contributed by atoms with Crippen LogP contribution in [0.1, 0.15) is 51.5 Å². The highest BCUT2D eigenvalue weighted by molar-refractivity contribution is 5.07. The molecule has 0 saturated carbocycles. The van der Waals surface area contributed by atoms with Crippen LogP contribution in [0.5, 0.6) is 0 Å². The molecular formula is C17H32N4. The molecule has 1 fully saturated rings. The van der Waals surface area contributed by atoms with Crippen molar-refractivity contribution in [1.29, 1.82) is 0 Å². The maximum atomic E-state index is 4.29. The number of aromatic nitrogens is 2. The Balaban J connectivity index is 2.07. The molecule has 0 radical (unpaired) electrons. The number of nitrogens with one attached hydrogen (secondary N) is 1. The zero-order valence-electron chi connectivity index (χ0n) is 14.2. The van der Waals surface area contributed by atoms with Gasteiger partial charge in [-0.3, -0.25) is 9.58 Å². The summed E-state index contributed by atoms with van der Waals surface area (Å²) >= 11 is 0. The van der Waals surface area contributed by atoms with Gasteiger partial charge in [-0.25, -0.2) is 0 Å². The Labute approximate surface area is 129 Å². The maximum Gasteiger partial charge on any atom is 0.0521 e. The number of aryl methyl sites for hydroxylation is 2. The lowest BCUT2D eigenvalue weighted by Gasteiger charge is -2.47. The summed E-state index contributed by atoms with van der Waals surface area (Å²) in [5.41, 5.74) is 1.66. The van der Waals surface area contributed by atoms with Gasteiger partial charge in [0, 0.05) is 24.8 Å². The van der Waals surface area contributed by atoms with Crippen LogP contribution in [0.3, 0.4) is 0 Å². The predicted octanol–water partition coefficient (Wildman–Crippen LogP) is 2.60. The van der Waals surface area contributed by atoms with Crippen LogP contribution in [-0.2, 0) is 13.5 Å². The first-order valence-corrected chi connectivity index (χ1v) is 8.56. The lowest BCUT2D eigenvalue weighted by Crippen LogP contribution is -2.59. The molecular weight excluding hydrogens is 260 g/mol. The fourth-order valence-electron chi connectivity index (χ4n) is 4.17. The van der Waals surface area contributed by atoms with Gasteiger partial charge in [0.25, 0.3) is 0 Å². The van der Waals surface area contributed by atoms with Gasteiger partial charge in [0.1, 0.15) is 0 Å². The minimum Gasteiger partial charge on any atom is -0.315 e. The molecule has 1 aliphatic heterocycles. The lowest BCUT2D eigenvalue weighted by molar-refractivity contribution is 0.0617. The Morgan fingerprint density at radius 3 is 2.43 bits per heavy atom. The van der Waals surface area contributed by atoms with Crippen molar-refractivity contribution in [2.24, 2.45) is 7.05 Å². The van der Waals surface area contributed by atoms with Gasteiger partial charge in [-0.1, -0.05) is 13.8 Å². The SMILES string of the molecule is CCC(CC)(C(CCc1cnn(C)c1)NC)N1CCCC1. The fraction of sp³-hybridized carbons (Fsp3) is 0.824. The summed E-state index contributed by atoms with van der Waals surface area (Å²) in [4.78, 5) is 2.75. The van der Waals surface area contributed by atoms with Crippen LogP contribution in [0.4, 0.5) is 0 Å². The first-order chi connectivity index (χ1) is 10.2. The highest BCUT2D eigenvalue weighted by Crippen LogP contribution is 2.33. The molecule has 21 heavy (non-hydrogen) atoms. The third kappa shape index (κ3) is 3.49. The molecule has 1 N–H and O–H groups in total. The standard InChI is InChI=1S/C17H32N4/c1-5-17(6-2,21-11-7-8-12-21)16(18-3)10-9-15-13-19-20(4)14-15/h13-14,16,18H,5-12H2,1-4H3. The summed E-state index contributed by atoms with van der Waals surface area (Å²) in [6.45, 7) is 7.26. The summed E-state index contributed by atoms with van der Waals surface area (Å²) in [6, 6.07) is 0.547. The van der Waals surface area contributed by atoms with Crippen molar-refractivity contribution in [1.82, 2.24) is 20.0 Å². The van der Waals surface area contributed by atoms with Gasteiger partial charge in [0.15, 0.2) is 0 Å². The van der Waals surface area contributed by atoms with Crippen molar-refractivity contribution in [2.45, 2.75) is 64.0 Å². The molecule has 0 spiro atoms. The van der Waals surface area contributed by atoms with Crippen molar-refractivity contribution in [2.75, 3.05) is 20.1 Å². The number of likely N-dealkylation sites (tertiary alicyclic amines) is 1. The highest BCUT2D eigenvalue weighted by Gasteiger charge is 2.40. The largest absolute Gasteiger partial charge is 0.315 e. The van der Waals surface area contributed by atoms with Crippen molar-refractivity contribution in [3.05, 3.63) is 18.0 Å². The Hall–Kier alpha value is -0.870. The molecule has 4 nitrogen and oxygen atoms in total. The Morgan fingerprint density at radius 1 is 1.29 bits per heavy atom. The van der Waals surface area contributed by atoms with E-state index in [1.54, 1.807) is 0 Å². The number of likely N-dealkylation sites (N-methyl/N-ethyl adjacent to an activating group) is 1. The molecule has 1 aromatic rings. The number of rotatable bonds is 8. The van der Waals surface area contributed by atoms with Crippen molar-refractivity contribution >= 4 is 0 Å². The number of hydrogen-bond acceptors (Lipinski definition) is 3. The predicted molar refractivity (Wildman–Crippen MR) is 88.5 cm³/mol. The van der Waals surface area contributed by atoms with Crippen molar-refractivity contribution < 1.29 is 0 Å². The molecule has 2 heterocycles. The number of hydrogen-bond donors (Lipinski definition) is 1. The van der Waals surface area contributed by atoms with E-state index in [0.717, 1.165) is 6.42 Å². The quantitative estimate of drug-likeness (QED) is 0.799. The molecule has 4 heteroatoms. The highest BCUT2D eigenvalue weighted by atomic mass is 15.2. The van der Waals surface area contributed by atoms with Crippen LogP contribution in [0.15, 0.2) is 12.4 Å². The minimum atomic E-state index is 0.313. The second kappa shape index (κ2) is 7.41. The van der Waals surface area contributed by atoms with E-state index >= 15 is 0 Å². The van der Waals surface area contributed by atoms with Crippen molar-refractivity contribution in [3.8, 4) is 0 Å². The molecule has 1 saturated heterocycles. The van der Waals surface area contributed by atoms with Gasteiger partial charge in [0.05, 0.1) is 6.20 Å². The Kier molecular flexibility index (Phi) is 5.82. The molecule has 1 unspecified atom stereocenters. The Morgan fingerprint density at radius 2 is 1.95 bits per heavy atom. The van der Waals surface area contributed by atoms with E-state index in [1.165, 1.54) is 50.8 Å². The van der Waals surface area contributed by atoms with Gasteiger partial charge in [-0.15, -0.1) is 0 Å². The van der Waals surface area contributed by atoms with Crippen LogP contribution in [0.25, 0.3) is 0 Å². The molecule has 1 aliphatic rings. The van der Waals surface area contributed by atoms with Crippen LogP contribution >= 0.6 is 0 Å². The molecule has 0 aromatic carbocycles. The molecule has 0 amide bonds. The third-order valence-corrected chi connectivity index (χ3v) is 5.44. The molecule has 0 bridgehead atoms. The average Bonchev–Trinajstić information content (AvgIpc) is 3.16. The summed E-state index contributed by atoms with van der Waals surface area (Å²) < 4.78 is 1.90. The molecule has 0 aliphatic carbocycles. The van der Waals surface area contributed by atoms with Gasteiger partial charge in [-0.05, 0) is 64.2 Å². The van der Waals surface area contributed by atoms with E-state index in [2.05, 4.69) is 42.4 Å². The van der Waals surface area contributed by atoms with Gasteiger partial charge in [0.2, 0.25) is 0 Å². The smallest absolute Gasteiger partial charge is 0.0521 e. The average molecular weight is 292 g/mol. The van der Waals surface area contributed by atoms with Gasteiger partial charge >= 0.3 is 0 Å². The van der Waals surface area contributed by atoms with Crippen LogP contribution in [0.2, 0.25) is 0 Å². The minimum absolute atomic E-state index is 0.313. The summed E-state index contributed by atoms with van der Waals surface area (Å²) in [5.74, 6) is 0.